The Morgan fingerprint density at radius 2 is 1.93 bits per heavy atom. The van der Waals surface area contributed by atoms with E-state index in [4.69, 9.17) is 14.2 Å². The first-order valence-electron chi connectivity index (χ1n) is 8.50. The Labute approximate surface area is 155 Å². The molecule has 0 aliphatic carbocycles. The predicted octanol–water partition coefficient (Wildman–Crippen LogP) is 2.79. The lowest BCUT2D eigenvalue weighted by Gasteiger charge is -2.28. The van der Waals surface area contributed by atoms with Crippen molar-refractivity contribution in [3.05, 3.63) is 70.9 Å². The normalized spacial score (nSPS) is 18.0. The van der Waals surface area contributed by atoms with Crippen molar-refractivity contribution in [2.45, 2.75) is 19.6 Å². The van der Waals surface area contributed by atoms with Gasteiger partial charge in [0.25, 0.3) is 0 Å². The molecule has 1 atom stereocenters. The van der Waals surface area contributed by atoms with Crippen molar-refractivity contribution in [3.8, 4) is 11.5 Å². The molecule has 0 unspecified atom stereocenters. The molecule has 2 N–H and O–H groups in total. The zero-order valence-electron chi connectivity index (χ0n) is 14.7. The highest BCUT2D eigenvalue weighted by atomic mass is 16.7. The van der Waals surface area contributed by atoms with Crippen LogP contribution in [0.5, 0.6) is 11.5 Å². The van der Waals surface area contributed by atoms with Crippen LogP contribution in [0.4, 0.5) is 4.79 Å². The second-order valence-electron chi connectivity index (χ2n) is 6.24. The molecule has 0 aromatic heterocycles. The number of esters is 1. The maximum absolute atomic E-state index is 12.8. The lowest BCUT2D eigenvalue weighted by Crippen LogP contribution is -2.45. The number of benzene rings is 2. The summed E-state index contributed by atoms with van der Waals surface area (Å²) in [5.74, 6) is 0.811. The van der Waals surface area contributed by atoms with Gasteiger partial charge in [0.1, 0.15) is 6.61 Å². The summed E-state index contributed by atoms with van der Waals surface area (Å²) in [4.78, 5) is 24.7. The number of rotatable bonds is 4. The second kappa shape index (κ2) is 7.03. The monoisotopic (exact) mass is 366 g/mol. The van der Waals surface area contributed by atoms with Crippen LogP contribution in [-0.4, -0.2) is 18.8 Å². The molecule has 0 saturated heterocycles. The molecule has 2 heterocycles. The molecule has 0 fully saturated rings. The van der Waals surface area contributed by atoms with Crippen molar-refractivity contribution >= 4 is 12.0 Å². The van der Waals surface area contributed by atoms with E-state index in [1.165, 1.54) is 0 Å². The minimum Gasteiger partial charge on any atom is -0.457 e. The maximum atomic E-state index is 12.8. The van der Waals surface area contributed by atoms with Crippen molar-refractivity contribution < 1.29 is 23.8 Å². The van der Waals surface area contributed by atoms with E-state index in [0.29, 0.717) is 22.8 Å². The molecule has 27 heavy (non-hydrogen) atoms. The molecule has 7 nitrogen and oxygen atoms in total. The number of carbonyl (C=O) groups is 2. The minimum absolute atomic E-state index is 0.0850. The number of amides is 2. The van der Waals surface area contributed by atoms with Gasteiger partial charge in [-0.25, -0.2) is 9.59 Å². The summed E-state index contributed by atoms with van der Waals surface area (Å²) in [5.41, 5.74) is 2.45. The van der Waals surface area contributed by atoms with Crippen LogP contribution in [-0.2, 0) is 16.1 Å². The third-order valence-electron chi connectivity index (χ3n) is 4.43. The molecule has 4 rings (SSSR count). The van der Waals surface area contributed by atoms with E-state index in [-0.39, 0.29) is 19.4 Å². The Bertz CT molecular complexity index is 923. The van der Waals surface area contributed by atoms with Crippen molar-refractivity contribution in [1.82, 2.24) is 10.6 Å². The first-order chi connectivity index (χ1) is 13.1. The van der Waals surface area contributed by atoms with Crippen molar-refractivity contribution in [1.29, 1.82) is 0 Å². The Balaban J connectivity index is 1.53. The van der Waals surface area contributed by atoms with E-state index in [1.807, 2.05) is 36.4 Å². The molecule has 2 aliphatic heterocycles. The van der Waals surface area contributed by atoms with E-state index in [1.54, 1.807) is 19.1 Å². The SMILES string of the molecule is CC1=C(C(=O)OCc2ccc3c(c2)OCO3)[C@H](c2ccccc2)NC(=O)N1. The third-order valence-corrected chi connectivity index (χ3v) is 4.43. The molecule has 2 aromatic rings. The van der Waals surface area contributed by atoms with Gasteiger partial charge in [0, 0.05) is 5.70 Å². The first-order valence-corrected chi connectivity index (χ1v) is 8.50. The molecular formula is C20H18N2O5. The van der Waals surface area contributed by atoms with Gasteiger partial charge in [-0.1, -0.05) is 36.4 Å². The Morgan fingerprint density at radius 1 is 1.15 bits per heavy atom. The number of allylic oxidation sites excluding steroid dienone is 1. The molecule has 2 amide bonds. The van der Waals surface area contributed by atoms with Gasteiger partial charge in [0.15, 0.2) is 11.5 Å². The standard InChI is InChI=1S/C20H18N2O5/c1-12-17(18(22-20(24)21-12)14-5-3-2-4-6-14)19(23)25-10-13-7-8-15-16(9-13)27-11-26-15/h2-9,18H,10-11H2,1H3,(H2,21,22,24)/t18-/m0/s1. The molecule has 2 aromatic carbocycles. The van der Waals surface area contributed by atoms with Crippen LogP contribution in [0.15, 0.2) is 59.8 Å². The average Bonchev–Trinajstić information content (AvgIpc) is 3.14. The largest absolute Gasteiger partial charge is 0.457 e. The topological polar surface area (TPSA) is 85.9 Å². The highest BCUT2D eigenvalue weighted by molar-refractivity contribution is 5.95. The Hall–Kier alpha value is -3.48. The summed E-state index contributed by atoms with van der Waals surface area (Å²) < 4.78 is 16.1. The van der Waals surface area contributed by atoms with Crippen LogP contribution in [0.2, 0.25) is 0 Å². The molecule has 0 radical (unpaired) electrons. The molecule has 0 saturated carbocycles. The Kier molecular flexibility index (Phi) is 4.42. The number of urea groups is 1. The summed E-state index contributed by atoms with van der Waals surface area (Å²) in [5, 5.41) is 5.42. The average molecular weight is 366 g/mol. The number of hydrogen-bond donors (Lipinski definition) is 2. The van der Waals surface area contributed by atoms with E-state index in [9.17, 15) is 9.59 Å². The van der Waals surface area contributed by atoms with Gasteiger partial charge in [-0.05, 0) is 30.2 Å². The van der Waals surface area contributed by atoms with E-state index in [2.05, 4.69) is 10.6 Å². The zero-order chi connectivity index (χ0) is 18.8. The number of nitrogens with one attached hydrogen (secondary N) is 2. The summed E-state index contributed by atoms with van der Waals surface area (Å²) in [7, 11) is 0. The smallest absolute Gasteiger partial charge is 0.338 e. The first kappa shape index (κ1) is 17.0. The van der Waals surface area contributed by atoms with Crippen LogP contribution < -0.4 is 20.1 Å². The van der Waals surface area contributed by atoms with Gasteiger partial charge in [0.05, 0.1) is 11.6 Å². The van der Waals surface area contributed by atoms with Crippen molar-refractivity contribution in [2.24, 2.45) is 0 Å². The zero-order valence-corrected chi connectivity index (χ0v) is 14.7. The van der Waals surface area contributed by atoms with Crippen LogP contribution >= 0.6 is 0 Å². The fourth-order valence-electron chi connectivity index (χ4n) is 3.12. The molecule has 7 heteroatoms. The van der Waals surface area contributed by atoms with Crippen LogP contribution in [0.1, 0.15) is 24.1 Å². The van der Waals surface area contributed by atoms with Gasteiger partial charge in [0.2, 0.25) is 6.79 Å². The van der Waals surface area contributed by atoms with Gasteiger partial charge in [-0.3, -0.25) is 0 Å². The molecule has 138 valence electrons. The van der Waals surface area contributed by atoms with Crippen molar-refractivity contribution in [3.63, 3.8) is 0 Å². The summed E-state index contributed by atoms with van der Waals surface area (Å²) >= 11 is 0. The number of ether oxygens (including phenoxy) is 3. The molecule has 2 aliphatic rings. The van der Waals surface area contributed by atoms with E-state index >= 15 is 0 Å². The third kappa shape index (κ3) is 3.44. The fraction of sp³-hybridized carbons (Fsp3) is 0.200. The van der Waals surface area contributed by atoms with Crippen LogP contribution in [0, 0.1) is 0 Å². The number of hydrogen-bond acceptors (Lipinski definition) is 5. The lowest BCUT2D eigenvalue weighted by atomic mass is 9.96. The second-order valence-corrected chi connectivity index (χ2v) is 6.24. The molecule has 0 bridgehead atoms. The summed E-state index contributed by atoms with van der Waals surface area (Å²) in [6, 6.07) is 13.8. The maximum Gasteiger partial charge on any atom is 0.338 e. The quantitative estimate of drug-likeness (QED) is 0.813. The number of fused-ring (bicyclic) bond motifs is 1. The fourth-order valence-corrected chi connectivity index (χ4v) is 3.12. The number of carbonyl (C=O) groups excluding carboxylic acids is 2. The lowest BCUT2D eigenvalue weighted by molar-refractivity contribution is -0.140. The van der Waals surface area contributed by atoms with Crippen molar-refractivity contribution in [2.75, 3.05) is 6.79 Å². The highest BCUT2D eigenvalue weighted by Gasteiger charge is 2.32. The van der Waals surface area contributed by atoms with Gasteiger partial charge < -0.3 is 24.8 Å². The summed E-state index contributed by atoms with van der Waals surface area (Å²) in [6.07, 6.45) is 0. The summed E-state index contributed by atoms with van der Waals surface area (Å²) in [6.45, 7) is 1.96. The van der Waals surface area contributed by atoms with Crippen LogP contribution in [0.25, 0.3) is 0 Å². The minimum atomic E-state index is -0.566. The van der Waals surface area contributed by atoms with Gasteiger partial charge in [-0.15, -0.1) is 0 Å². The molecule has 0 spiro atoms. The van der Waals surface area contributed by atoms with Crippen LogP contribution in [0.3, 0.4) is 0 Å². The highest BCUT2D eigenvalue weighted by Crippen LogP contribution is 2.33. The predicted molar refractivity (Wildman–Crippen MR) is 95.9 cm³/mol. The van der Waals surface area contributed by atoms with Gasteiger partial charge in [-0.2, -0.15) is 0 Å². The Morgan fingerprint density at radius 3 is 2.74 bits per heavy atom. The molecular weight excluding hydrogens is 348 g/mol. The van der Waals surface area contributed by atoms with E-state index < -0.39 is 12.0 Å². The van der Waals surface area contributed by atoms with E-state index in [0.717, 1.165) is 11.1 Å². The van der Waals surface area contributed by atoms with Gasteiger partial charge >= 0.3 is 12.0 Å².